The molecule has 2 heterocycles. The van der Waals surface area contributed by atoms with E-state index in [-0.39, 0.29) is 22.4 Å². The van der Waals surface area contributed by atoms with Crippen molar-refractivity contribution < 1.29 is 13.6 Å². The molecule has 3 rings (SSSR count). The van der Waals surface area contributed by atoms with E-state index >= 15 is 0 Å². The summed E-state index contributed by atoms with van der Waals surface area (Å²) in [6.07, 6.45) is 2.71. The number of carbonyl (C=O) groups excluding carboxylic acids is 1. The van der Waals surface area contributed by atoms with Crippen LogP contribution in [0.3, 0.4) is 0 Å². The lowest BCUT2D eigenvalue weighted by Gasteiger charge is -2.36. The van der Waals surface area contributed by atoms with Crippen LogP contribution in [0.15, 0.2) is 36.7 Å². The van der Waals surface area contributed by atoms with Crippen molar-refractivity contribution in [3.05, 3.63) is 58.9 Å². The zero-order valence-electron chi connectivity index (χ0n) is 14.3. The first-order valence-electron chi connectivity index (χ1n) is 8.31. The number of rotatable bonds is 3. The summed E-state index contributed by atoms with van der Waals surface area (Å²) in [5, 5.41) is 3.05. The Hall–Kier alpha value is -2.41. The van der Waals surface area contributed by atoms with Crippen molar-refractivity contribution in [2.45, 2.75) is 13.0 Å². The van der Waals surface area contributed by atoms with Gasteiger partial charge in [-0.25, -0.2) is 13.6 Å². The number of anilines is 1. The summed E-state index contributed by atoms with van der Waals surface area (Å²) in [5.74, 6) is -0.837. The first-order valence-corrected chi connectivity index (χ1v) is 8.69. The van der Waals surface area contributed by atoms with E-state index in [0.29, 0.717) is 31.9 Å². The third kappa shape index (κ3) is 3.88. The summed E-state index contributed by atoms with van der Waals surface area (Å²) in [6.45, 7) is 3.56. The highest BCUT2D eigenvalue weighted by molar-refractivity contribution is 6.31. The average molecular weight is 381 g/mol. The Morgan fingerprint density at radius 3 is 2.58 bits per heavy atom. The highest BCUT2D eigenvalue weighted by Gasteiger charge is 2.25. The number of benzene rings is 1. The number of aromatic nitrogens is 1. The van der Waals surface area contributed by atoms with Gasteiger partial charge in [0.1, 0.15) is 5.82 Å². The summed E-state index contributed by atoms with van der Waals surface area (Å²) in [4.78, 5) is 19.7. The predicted octanol–water partition coefficient (Wildman–Crippen LogP) is 3.61. The van der Waals surface area contributed by atoms with Gasteiger partial charge in [0, 0.05) is 43.0 Å². The molecule has 1 N–H and O–H groups in total. The van der Waals surface area contributed by atoms with Crippen molar-refractivity contribution in [2.24, 2.45) is 0 Å². The van der Waals surface area contributed by atoms with E-state index in [0.717, 1.165) is 0 Å². The second-order valence-corrected chi connectivity index (χ2v) is 6.51. The summed E-state index contributed by atoms with van der Waals surface area (Å²) in [5.41, 5.74) is 0.742. The number of hydrogen-bond acceptors (Lipinski definition) is 3. The molecule has 5 nitrogen and oxygen atoms in total. The summed E-state index contributed by atoms with van der Waals surface area (Å²) >= 11 is 6.04. The maximum absolute atomic E-state index is 14.0. The van der Waals surface area contributed by atoms with Crippen molar-refractivity contribution in [3.63, 3.8) is 0 Å². The molecule has 1 unspecified atom stereocenters. The Morgan fingerprint density at radius 1 is 1.19 bits per heavy atom. The topological polar surface area (TPSA) is 48.5 Å². The zero-order chi connectivity index (χ0) is 18.7. The van der Waals surface area contributed by atoms with Crippen LogP contribution in [0.2, 0.25) is 5.02 Å². The first kappa shape index (κ1) is 18.4. The Balaban J connectivity index is 1.60. The molecule has 0 spiro atoms. The molecule has 1 aromatic carbocycles. The number of urea groups is 1. The molecule has 1 aliphatic rings. The summed E-state index contributed by atoms with van der Waals surface area (Å²) in [6, 6.07) is 5.18. The Bertz CT molecular complexity index is 776. The molecule has 1 atom stereocenters. The van der Waals surface area contributed by atoms with E-state index in [2.05, 4.69) is 10.3 Å². The van der Waals surface area contributed by atoms with Gasteiger partial charge in [0.2, 0.25) is 0 Å². The van der Waals surface area contributed by atoms with Gasteiger partial charge >= 0.3 is 6.03 Å². The van der Waals surface area contributed by atoms with Gasteiger partial charge in [-0.05, 0) is 25.1 Å². The van der Waals surface area contributed by atoms with Crippen LogP contribution >= 0.6 is 11.6 Å². The van der Waals surface area contributed by atoms with Crippen molar-refractivity contribution in [1.29, 1.82) is 0 Å². The molecular weight excluding hydrogens is 362 g/mol. The Morgan fingerprint density at radius 2 is 1.92 bits per heavy atom. The van der Waals surface area contributed by atoms with E-state index in [1.54, 1.807) is 24.0 Å². The molecule has 8 heteroatoms. The van der Waals surface area contributed by atoms with Crippen LogP contribution < -0.4 is 10.2 Å². The van der Waals surface area contributed by atoms with Crippen LogP contribution in [-0.4, -0.2) is 42.1 Å². The third-order valence-electron chi connectivity index (χ3n) is 4.43. The van der Waals surface area contributed by atoms with Gasteiger partial charge in [-0.2, -0.15) is 0 Å². The standard InChI is InChI=1S/C18H19ClF2N4O/c1-12(17-13(19)3-2-4-14(17)20)23-18(26)25-9-7-24(8-10-25)16-5-6-22-11-15(16)21/h2-6,11-12H,7-10H2,1H3,(H,23,26). The highest BCUT2D eigenvalue weighted by atomic mass is 35.5. The molecule has 1 aromatic heterocycles. The quantitative estimate of drug-likeness (QED) is 0.885. The number of pyridine rings is 1. The number of amides is 2. The minimum atomic E-state index is -0.563. The lowest BCUT2D eigenvalue weighted by Crippen LogP contribution is -2.52. The maximum atomic E-state index is 14.0. The Kier molecular flexibility index (Phi) is 5.56. The highest BCUT2D eigenvalue weighted by Crippen LogP contribution is 2.26. The molecule has 0 aliphatic carbocycles. The normalized spacial score (nSPS) is 15.7. The van der Waals surface area contributed by atoms with Crippen LogP contribution in [0, 0.1) is 11.6 Å². The van der Waals surface area contributed by atoms with Crippen molar-refractivity contribution in [2.75, 3.05) is 31.1 Å². The number of carbonyl (C=O) groups is 1. The number of piperazine rings is 1. The van der Waals surface area contributed by atoms with Gasteiger partial charge in [0.15, 0.2) is 5.82 Å². The van der Waals surface area contributed by atoms with Crippen molar-refractivity contribution >= 4 is 23.3 Å². The molecule has 0 radical (unpaired) electrons. The third-order valence-corrected chi connectivity index (χ3v) is 4.76. The van der Waals surface area contributed by atoms with Crippen LogP contribution in [0.4, 0.5) is 19.3 Å². The van der Waals surface area contributed by atoms with Crippen LogP contribution in [0.5, 0.6) is 0 Å². The van der Waals surface area contributed by atoms with Gasteiger partial charge in [-0.1, -0.05) is 17.7 Å². The number of halogens is 3. The summed E-state index contributed by atoms with van der Waals surface area (Å²) in [7, 11) is 0. The van der Waals surface area contributed by atoms with Crippen LogP contribution in [0.25, 0.3) is 0 Å². The van der Waals surface area contributed by atoms with E-state index < -0.39 is 11.9 Å². The summed E-state index contributed by atoms with van der Waals surface area (Å²) < 4.78 is 27.8. The molecular formula is C18H19ClF2N4O. The van der Waals surface area contributed by atoms with Gasteiger partial charge in [-0.15, -0.1) is 0 Å². The zero-order valence-corrected chi connectivity index (χ0v) is 15.0. The molecule has 26 heavy (non-hydrogen) atoms. The minimum Gasteiger partial charge on any atom is -0.366 e. The van der Waals surface area contributed by atoms with Crippen LogP contribution in [-0.2, 0) is 0 Å². The van der Waals surface area contributed by atoms with E-state index in [1.807, 2.05) is 4.90 Å². The fraction of sp³-hybridized carbons (Fsp3) is 0.333. The monoisotopic (exact) mass is 380 g/mol. The lowest BCUT2D eigenvalue weighted by atomic mass is 10.1. The largest absolute Gasteiger partial charge is 0.366 e. The second kappa shape index (κ2) is 7.86. The molecule has 0 bridgehead atoms. The number of nitrogens with zero attached hydrogens (tertiary/aromatic N) is 3. The average Bonchev–Trinajstić information content (AvgIpc) is 2.62. The van der Waals surface area contributed by atoms with E-state index in [1.165, 1.54) is 24.5 Å². The van der Waals surface area contributed by atoms with Crippen molar-refractivity contribution in [1.82, 2.24) is 15.2 Å². The first-order chi connectivity index (χ1) is 12.5. The van der Waals surface area contributed by atoms with Crippen LogP contribution in [0.1, 0.15) is 18.5 Å². The maximum Gasteiger partial charge on any atom is 0.317 e. The minimum absolute atomic E-state index is 0.264. The molecule has 2 aromatic rings. The molecule has 1 saturated heterocycles. The predicted molar refractivity (Wildman–Crippen MR) is 96.3 cm³/mol. The van der Waals surface area contributed by atoms with Crippen molar-refractivity contribution in [3.8, 4) is 0 Å². The molecule has 138 valence electrons. The van der Waals surface area contributed by atoms with Gasteiger partial charge in [0.25, 0.3) is 0 Å². The van der Waals surface area contributed by atoms with Gasteiger partial charge < -0.3 is 15.1 Å². The molecule has 2 amide bonds. The smallest absolute Gasteiger partial charge is 0.317 e. The fourth-order valence-corrected chi connectivity index (χ4v) is 3.37. The number of nitrogens with one attached hydrogen (secondary N) is 1. The van der Waals surface area contributed by atoms with Gasteiger partial charge in [0.05, 0.1) is 17.9 Å². The molecule has 1 fully saturated rings. The molecule has 0 saturated carbocycles. The second-order valence-electron chi connectivity index (χ2n) is 6.11. The van der Waals surface area contributed by atoms with E-state index in [4.69, 9.17) is 11.6 Å². The molecule has 1 aliphatic heterocycles. The SMILES string of the molecule is CC(NC(=O)N1CCN(c2ccncc2F)CC1)c1c(F)cccc1Cl. The lowest BCUT2D eigenvalue weighted by molar-refractivity contribution is 0.191. The van der Waals surface area contributed by atoms with Gasteiger partial charge in [-0.3, -0.25) is 4.98 Å². The fourth-order valence-electron chi connectivity index (χ4n) is 3.05. The number of hydrogen-bond donors (Lipinski definition) is 1. The van der Waals surface area contributed by atoms with E-state index in [9.17, 15) is 13.6 Å². The Labute approximate surface area is 155 Å².